The van der Waals surface area contributed by atoms with Gasteiger partial charge in [-0.25, -0.2) is 4.79 Å². The normalized spacial score (nSPS) is 13.1. The number of fused-ring (bicyclic) bond motifs is 1. The highest BCUT2D eigenvalue weighted by Gasteiger charge is 2.27. The third kappa shape index (κ3) is 3.98. The number of ketones is 1. The molecule has 0 saturated carbocycles. The highest BCUT2D eigenvalue weighted by molar-refractivity contribution is 6.45. The van der Waals surface area contributed by atoms with E-state index < -0.39 is 23.8 Å². The van der Waals surface area contributed by atoms with Crippen LogP contribution in [-0.2, 0) is 16.1 Å². The van der Waals surface area contributed by atoms with Crippen LogP contribution in [0.1, 0.15) is 36.8 Å². The van der Waals surface area contributed by atoms with Crippen LogP contribution in [0.2, 0.25) is 0 Å². The first-order valence-corrected chi connectivity index (χ1v) is 8.86. The maximum absolute atomic E-state index is 12.6. The fourth-order valence-corrected chi connectivity index (χ4v) is 3.07. The Morgan fingerprint density at radius 1 is 1.29 bits per heavy atom. The van der Waals surface area contributed by atoms with E-state index in [0.29, 0.717) is 23.1 Å². The van der Waals surface area contributed by atoms with Crippen LogP contribution in [0.15, 0.2) is 42.0 Å². The van der Waals surface area contributed by atoms with Crippen LogP contribution >= 0.6 is 0 Å². The van der Waals surface area contributed by atoms with Gasteiger partial charge in [0.2, 0.25) is 0 Å². The number of nitrogens with zero attached hydrogens (tertiary/aromatic N) is 1. The molecule has 1 atom stereocenters. The van der Waals surface area contributed by atoms with E-state index in [1.807, 2.05) is 36.6 Å². The summed E-state index contributed by atoms with van der Waals surface area (Å²) in [6.07, 6.45) is 4.69. The molecule has 0 aliphatic rings. The topological polar surface area (TPSA) is 112 Å². The molecule has 148 valence electrons. The molecule has 0 aliphatic heterocycles. The van der Waals surface area contributed by atoms with Gasteiger partial charge in [-0.05, 0) is 45.4 Å². The smallest absolute Gasteiger partial charge is 0.344 e. The molecule has 1 aromatic heterocycles. The van der Waals surface area contributed by atoms with Crippen LogP contribution in [0.5, 0.6) is 5.75 Å². The van der Waals surface area contributed by atoms with E-state index in [0.717, 1.165) is 5.57 Å². The first kappa shape index (κ1) is 21.0. The number of aliphatic carboxylic acids is 1. The number of amides is 1. The first-order valence-electron chi connectivity index (χ1n) is 8.86. The summed E-state index contributed by atoms with van der Waals surface area (Å²) < 4.78 is 7.45. The second kappa shape index (κ2) is 8.56. The quantitative estimate of drug-likeness (QED) is 0.413. The number of nitrogens with two attached hydrogens (primary N) is 1. The van der Waals surface area contributed by atoms with E-state index in [1.54, 1.807) is 25.1 Å². The number of hydrogen-bond acceptors (Lipinski definition) is 4. The molecule has 1 heterocycles. The fraction of sp³-hybridized carbons (Fsp3) is 0.286. The van der Waals surface area contributed by atoms with Crippen LogP contribution in [0.4, 0.5) is 0 Å². The zero-order valence-corrected chi connectivity index (χ0v) is 16.4. The minimum absolute atomic E-state index is 0.131. The molecule has 0 aliphatic carbocycles. The Morgan fingerprint density at radius 2 is 1.96 bits per heavy atom. The van der Waals surface area contributed by atoms with Crippen LogP contribution in [0.3, 0.4) is 0 Å². The van der Waals surface area contributed by atoms with Crippen LogP contribution in [0.25, 0.3) is 10.9 Å². The molecule has 0 bridgehead atoms. The van der Waals surface area contributed by atoms with Crippen molar-refractivity contribution in [3.05, 3.63) is 53.3 Å². The van der Waals surface area contributed by atoms with Gasteiger partial charge in [0.05, 0.1) is 16.5 Å². The van der Waals surface area contributed by atoms with Gasteiger partial charge in [0, 0.05) is 12.2 Å². The van der Waals surface area contributed by atoms with Crippen molar-refractivity contribution < 1.29 is 24.2 Å². The van der Waals surface area contributed by atoms with Crippen molar-refractivity contribution in [3.8, 4) is 5.75 Å². The standard InChI is InChI=1S/C21H24N2O5/c1-5-8-14(6-2)11-23-12(3)17(19(24)20(22)25)18-15(23)9-7-10-16(18)28-13(4)21(26)27/h5-10,13H,11H2,1-4H3,(H2,22,25)(H,26,27)/b8-5-,14-6+. The summed E-state index contributed by atoms with van der Waals surface area (Å²) in [4.78, 5) is 35.4. The van der Waals surface area contributed by atoms with Crippen molar-refractivity contribution in [2.75, 3.05) is 0 Å². The summed E-state index contributed by atoms with van der Waals surface area (Å²) in [6.45, 7) is 7.40. The van der Waals surface area contributed by atoms with Crippen LogP contribution < -0.4 is 10.5 Å². The van der Waals surface area contributed by atoms with Gasteiger partial charge in [0.15, 0.2) is 6.10 Å². The Morgan fingerprint density at radius 3 is 2.50 bits per heavy atom. The lowest BCUT2D eigenvalue weighted by molar-refractivity contribution is -0.144. The largest absolute Gasteiger partial charge is 0.479 e. The van der Waals surface area contributed by atoms with E-state index in [9.17, 15) is 14.4 Å². The number of allylic oxidation sites excluding steroid dienone is 4. The third-order valence-electron chi connectivity index (χ3n) is 4.51. The lowest BCUT2D eigenvalue weighted by Gasteiger charge is -2.13. The number of ether oxygens (including phenoxy) is 1. The summed E-state index contributed by atoms with van der Waals surface area (Å²) in [5.74, 6) is -2.84. The molecular weight excluding hydrogens is 360 g/mol. The molecule has 1 aromatic carbocycles. The average molecular weight is 384 g/mol. The van der Waals surface area contributed by atoms with Gasteiger partial charge < -0.3 is 20.1 Å². The second-order valence-corrected chi connectivity index (χ2v) is 6.35. The van der Waals surface area contributed by atoms with Crippen LogP contribution in [-0.4, -0.2) is 33.4 Å². The van der Waals surface area contributed by atoms with Crippen molar-refractivity contribution in [2.24, 2.45) is 5.73 Å². The molecule has 1 amide bonds. The number of aromatic nitrogens is 1. The van der Waals surface area contributed by atoms with Gasteiger partial charge in [-0.2, -0.15) is 0 Å². The number of hydrogen-bond donors (Lipinski definition) is 2. The van der Waals surface area contributed by atoms with Gasteiger partial charge in [0.25, 0.3) is 11.7 Å². The molecule has 1 unspecified atom stereocenters. The number of Topliss-reactive ketones (excluding diaryl/α,β-unsaturated/α-hetero) is 1. The first-order chi connectivity index (χ1) is 13.2. The minimum atomic E-state index is -1.14. The highest BCUT2D eigenvalue weighted by Crippen LogP contribution is 2.35. The van der Waals surface area contributed by atoms with Gasteiger partial charge in [-0.1, -0.05) is 24.3 Å². The Kier molecular flexibility index (Phi) is 6.41. The van der Waals surface area contributed by atoms with Gasteiger partial charge in [-0.3, -0.25) is 9.59 Å². The summed E-state index contributed by atoms with van der Waals surface area (Å²) in [7, 11) is 0. The summed E-state index contributed by atoms with van der Waals surface area (Å²) in [5.41, 5.74) is 7.60. The average Bonchev–Trinajstić information content (AvgIpc) is 2.93. The van der Waals surface area contributed by atoms with E-state index in [-0.39, 0.29) is 11.3 Å². The Bertz CT molecular complexity index is 998. The SMILES string of the molecule is C/C=C\C(=C/C)Cn1c(C)c(C(=O)C(N)=O)c2c(OC(C)C(=O)O)cccc21. The molecule has 7 heteroatoms. The summed E-state index contributed by atoms with van der Waals surface area (Å²) in [5, 5.41) is 9.55. The maximum atomic E-state index is 12.6. The third-order valence-corrected chi connectivity index (χ3v) is 4.51. The number of carboxylic acids is 1. The second-order valence-electron chi connectivity index (χ2n) is 6.35. The van der Waals surface area contributed by atoms with Crippen LogP contribution in [0, 0.1) is 6.92 Å². The maximum Gasteiger partial charge on any atom is 0.344 e. The molecule has 7 nitrogen and oxygen atoms in total. The fourth-order valence-electron chi connectivity index (χ4n) is 3.07. The zero-order chi connectivity index (χ0) is 21.0. The number of benzene rings is 1. The molecule has 0 fully saturated rings. The molecule has 0 spiro atoms. The molecular formula is C21H24N2O5. The summed E-state index contributed by atoms with van der Waals surface area (Å²) >= 11 is 0. The highest BCUT2D eigenvalue weighted by atomic mass is 16.5. The van der Waals surface area contributed by atoms with Crippen molar-refractivity contribution in [2.45, 2.75) is 40.3 Å². The lowest BCUT2D eigenvalue weighted by atomic mass is 10.1. The number of primary amides is 1. The molecule has 3 N–H and O–H groups in total. The van der Waals surface area contributed by atoms with Crippen molar-refractivity contribution in [3.63, 3.8) is 0 Å². The van der Waals surface area contributed by atoms with Gasteiger partial charge in [0.1, 0.15) is 5.75 Å². The number of carbonyl (C=O) groups excluding carboxylic acids is 2. The predicted octanol–water partition coefficient (Wildman–Crippen LogP) is 2.99. The molecule has 0 saturated heterocycles. The lowest BCUT2D eigenvalue weighted by Crippen LogP contribution is -2.25. The Hall–Kier alpha value is -3.35. The van der Waals surface area contributed by atoms with E-state index in [1.165, 1.54) is 6.92 Å². The number of rotatable bonds is 8. The van der Waals surface area contributed by atoms with Crippen molar-refractivity contribution in [1.82, 2.24) is 4.57 Å². The van der Waals surface area contributed by atoms with Crippen molar-refractivity contribution in [1.29, 1.82) is 0 Å². The summed E-state index contributed by atoms with van der Waals surface area (Å²) in [6, 6.07) is 5.08. The van der Waals surface area contributed by atoms with E-state index in [4.69, 9.17) is 15.6 Å². The van der Waals surface area contributed by atoms with Crippen molar-refractivity contribution >= 4 is 28.6 Å². The van der Waals surface area contributed by atoms with Gasteiger partial charge >= 0.3 is 5.97 Å². The number of carboxylic acid groups (broad SMARTS) is 1. The number of carbonyl (C=O) groups is 3. The minimum Gasteiger partial charge on any atom is -0.479 e. The zero-order valence-electron chi connectivity index (χ0n) is 16.4. The van der Waals surface area contributed by atoms with Gasteiger partial charge in [-0.15, -0.1) is 0 Å². The van der Waals surface area contributed by atoms with E-state index in [2.05, 4.69) is 0 Å². The Labute approximate surface area is 163 Å². The molecule has 2 aromatic rings. The Balaban J connectivity index is 2.79. The molecule has 2 rings (SSSR count). The van der Waals surface area contributed by atoms with E-state index >= 15 is 0 Å². The monoisotopic (exact) mass is 384 g/mol. The predicted molar refractivity (Wildman–Crippen MR) is 106 cm³/mol. The molecule has 0 radical (unpaired) electrons. The molecule has 28 heavy (non-hydrogen) atoms.